The predicted molar refractivity (Wildman–Crippen MR) is 112 cm³/mol. The van der Waals surface area contributed by atoms with Crippen LogP contribution in [0.15, 0.2) is 42.0 Å². The second kappa shape index (κ2) is 10.0. The molecule has 1 atom stereocenters. The summed E-state index contributed by atoms with van der Waals surface area (Å²) >= 11 is 6.13. The van der Waals surface area contributed by atoms with Crippen molar-refractivity contribution in [3.05, 3.63) is 75.3 Å². The Morgan fingerprint density at radius 2 is 1.74 bits per heavy atom. The van der Waals surface area contributed by atoms with Crippen molar-refractivity contribution in [3.63, 3.8) is 0 Å². The van der Waals surface area contributed by atoms with Gasteiger partial charge in [-0.2, -0.15) is 0 Å². The minimum absolute atomic E-state index is 0.0589. The molecule has 146 valence electrons. The lowest BCUT2D eigenvalue weighted by Crippen LogP contribution is -2.04. The average molecular weight is 391 g/mol. The van der Waals surface area contributed by atoms with Gasteiger partial charge in [-0.25, -0.2) is 8.78 Å². The van der Waals surface area contributed by atoms with Crippen molar-refractivity contribution in [2.75, 3.05) is 0 Å². The Labute approximate surface area is 167 Å². The number of halogens is 3. The normalized spacial score (nSPS) is 13.4. The van der Waals surface area contributed by atoms with Crippen LogP contribution in [-0.2, 0) is 6.42 Å². The number of unbranched alkanes of at least 4 members (excludes halogenated alkanes) is 1. The maximum atomic E-state index is 14.3. The summed E-state index contributed by atoms with van der Waals surface area (Å²) in [4.78, 5) is 0. The third-order valence-corrected chi connectivity index (χ3v) is 5.56. The van der Waals surface area contributed by atoms with E-state index in [0.29, 0.717) is 5.56 Å². The van der Waals surface area contributed by atoms with E-state index in [1.54, 1.807) is 18.2 Å². The molecule has 0 fully saturated rings. The molecule has 0 amide bonds. The maximum Gasteiger partial charge on any atom is 0.142 e. The highest BCUT2D eigenvalue weighted by atomic mass is 35.5. The fourth-order valence-corrected chi connectivity index (χ4v) is 3.73. The number of hydrogen-bond donors (Lipinski definition) is 0. The van der Waals surface area contributed by atoms with Crippen molar-refractivity contribution in [2.45, 2.75) is 65.7 Å². The molecular weight excluding hydrogens is 362 g/mol. The van der Waals surface area contributed by atoms with Crippen LogP contribution in [-0.4, -0.2) is 0 Å². The number of aryl methyl sites for hydroxylation is 1. The van der Waals surface area contributed by atoms with Gasteiger partial charge in [0.25, 0.3) is 0 Å². The number of rotatable bonds is 8. The van der Waals surface area contributed by atoms with Gasteiger partial charge < -0.3 is 0 Å². The van der Waals surface area contributed by atoms with Crippen LogP contribution in [0.25, 0.3) is 5.57 Å². The summed E-state index contributed by atoms with van der Waals surface area (Å²) in [5.41, 5.74) is 4.96. The Morgan fingerprint density at radius 3 is 2.37 bits per heavy atom. The van der Waals surface area contributed by atoms with Gasteiger partial charge in [0, 0.05) is 5.92 Å². The quantitative estimate of drug-likeness (QED) is 0.424. The van der Waals surface area contributed by atoms with Crippen LogP contribution in [0.3, 0.4) is 0 Å². The Hall–Kier alpha value is -1.67. The number of allylic oxidation sites excluding steroid dienone is 2. The lowest BCUT2D eigenvalue weighted by molar-refractivity contribution is 0.601. The van der Waals surface area contributed by atoms with Gasteiger partial charge in [0.2, 0.25) is 0 Å². The van der Waals surface area contributed by atoms with Crippen LogP contribution >= 0.6 is 11.6 Å². The largest absolute Gasteiger partial charge is 0.207 e. The van der Waals surface area contributed by atoms with E-state index in [2.05, 4.69) is 20.8 Å². The minimum atomic E-state index is -0.376. The van der Waals surface area contributed by atoms with E-state index in [0.717, 1.165) is 54.4 Å². The lowest BCUT2D eigenvalue weighted by Gasteiger charge is -2.22. The van der Waals surface area contributed by atoms with E-state index in [-0.39, 0.29) is 22.6 Å². The minimum Gasteiger partial charge on any atom is -0.207 e. The molecule has 0 saturated carbocycles. The molecule has 3 heteroatoms. The van der Waals surface area contributed by atoms with Gasteiger partial charge in [0.05, 0.1) is 5.02 Å². The monoisotopic (exact) mass is 390 g/mol. The highest BCUT2D eigenvalue weighted by molar-refractivity contribution is 6.31. The summed E-state index contributed by atoms with van der Waals surface area (Å²) < 4.78 is 28.4. The van der Waals surface area contributed by atoms with Crippen LogP contribution in [0.4, 0.5) is 8.78 Å². The molecule has 2 aromatic carbocycles. The Bertz CT molecular complexity index is 808. The first-order chi connectivity index (χ1) is 12.9. The molecule has 0 radical (unpaired) electrons. The van der Waals surface area contributed by atoms with E-state index in [4.69, 9.17) is 11.6 Å². The molecular formula is C24H29ClF2. The smallest absolute Gasteiger partial charge is 0.142 e. The lowest BCUT2D eigenvalue weighted by atomic mass is 9.84. The summed E-state index contributed by atoms with van der Waals surface area (Å²) in [6, 6.07) is 10.2. The first-order valence-corrected chi connectivity index (χ1v) is 10.2. The zero-order valence-corrected chi connectivity index (χ0v) is 17.5. The predicted octanol–water partition coefficient (Wildman–Crippen LogP) is 8.34. The number of benzene rings is 2. The third-order valence-electron chi connectivity index (χ3n) is 5.27. The van der Waals surface area contributed by atoms with Gasteiger partial charge >= 0.3 is 0 Å². The molecule has 0 aliphatic carbocycles. The zero-order valence-electron chi connectivity index (χ0n) is 16.7. The van der Waals surface area contributed by atoms with E-state index < -0.39 is 0 Å². The molecule has 0 nitrogen and oxygen atoms in total. The Balaban J connectivity index is 2.62. The summed E-state index contributed by atoms with van der Waals surface area (Å²) in [5, 5.41) is 0.144. The molecule has 0 heterocycles. The molecule has 0 saturated heterocycles. The second-order valence-corrected chi connectivity index (χ2v) is 7.59. The molecule has 2 rings (SSSR count). The number of hydrogen-bond acceptors (Lipinski definition) is 0. The first kappa shape index (κ1) is 21.6. The van der Waals surface area contributed by atoms with Crippen LogP contribution in [0.5, 0.6) is 0 Å². The van der Waals surface area contributed by atoms with Gasteiger partial charge in [-0.1, -0.05) is 69.0 Å². The summed E-state index contributed by atoms with van der Waals surface area (Å²) in [5.74, 6) is -0.625. The van der Waals surface area contributed by atoms with Crippen molar-refractivity contribution in [1.29, 1.82) is 0 Å². The average Bonchev–Trinajstić information content (AvgIpc) is 2.65. The van der Waals surface area contributed by atoms with Crippen molar-refractivity contribution < 1.29 is 8.78 Å². The van der Waals surface area contributed by atoms with Crippen LogP contribution in [0.2, 0.25) is 5.02 Å². The molecule has 2 aromatic rings. The molecule has 0 aromatic heterocycles. The van der Waals surface area contributed by atoms with Crippen molar-refractivity contribution in [2.24, 2.45) is 0 Å². The zero-order chi connectivity index (χ0) is 20.0. The van der Waals surface area contributed by atoms with Gasteiger partial charge in [0.15, 0.2) is 0 Å². The van der Waals surface area contributed by atoms with E-state index in [9.17, 15) is 8.78 Å². The van der Waals surface area contributed by atoms with E-state index in [1.165, 1.54) is 6.07 Å². The maximum absolute atomic E-state index is 14.3. The van der Waals surface area contributed by atoms with Crippen molar-refractivity contribution >= 4 is 17.2 Å². The molecule has 0 N–H and O–H groups in total. The topological polar surface area (TPSA) is 0 Å². The second-order valence-electron chi connectivity index (χ2n) is 7.18. The Morgan fingerprint density at radius 1 is 1.04 bits per heavy atom. The SMILES string of the molecule is CCCC/C(=C(/C)C(C)c1ccccc1F)c1cc(Cl)c(F)cc1CCC. The molecule has 0 bridgehead atoms. The fraction of sp³-hybridized carbons (Fsp3) is 0.417. The van der Waals surface area contributed by atoms with Gasteiger partial charge in [-0.15, -0.1) is 0 Å². The van der Waals surface area contributed by atoms with Crippen LogP contribution < -0.4 is 0 Å². The standard InChI is InChI=1S/C24H29ClF2/c1-5-7-11-19(16(3)17(4)20-12-8-9-13-23(20)26)21-15-22(25)24(27)14-18(21)10-6-2/h8-9,12-15,17H,5-7,10-11H2,1-4H3/b19-16+. The van der Waals surface area contributed by atoms with E-state index >= 15 is 0 Å². The van der Waals surface area contributed by atoms with Gasteiger partial charge in [0.1, 0.15) is 11.6 Å². The Kier molecular flexibility index (Phi) is 8.04. The van der Waals surface area contributed by atoms with Crippen molar-refractivity contribution in [1.82, 2.24) is 0 Å². The molecule has 0 aliphatic rings. The third kappa shape index (κ3) is 5.19. The first-order valence-electron chi connectivity index (χ1n) is 9.83. The van der Waals surface area contributed by atoms with Crippen LogP contribution in [0, 0.1) is 11.6 Å². The molecule has 27 heavy (non-hydrogen) atoms. The molecule has 0 spiro atoms. The van der Waals surface area contributed by atoms with Gasteiger partial charge in [-0.3, -0.25) is 0 Å². The van der Waals surface area contributed by atoms with E-state index in [1.807, 2.05) is 19.1 Å². The van der Waals surface area contributed by atoms with Crippen molar-refractivity contribution in [3.8, 4) is 0 Å². The fourth-order valence-electron chi connectivity index (χ4n) is 3.56. The molecule has 1 unspecified atom stereocenters. The summed E-state index contributed by atoms with van der Waals surface area (Å²) in [7, 11) is 0. The van der Waals surface area contributed by atoms with Gasteiger partial charge in [-0.05, 0) is 66.6 Å². The summed E-state index contributed by atoms with van der Waals surface area (Å²) in [6.07, 6.45) is 4.68. The molecule has 0 aliphatic heterocycles. The summed E-state index contributed by atoms with van der Waals surface area (Å²) in [6.45, 7) is 8.33. The highest BCUT2D eigenvalue weighted by Crippen LogP contribution is 2.37. The van der Waals surface area contributed by atoms with Crippen LogP contribution in [0.1, 0.15) is 76.0 Å². The highest BCUT2D eigenvalue weighted by Gasteiger charge is 2.19.